The van der Waals surface area contributed by atoms with Gasteiger partial charge in [0.1, 0.15) is 5.54 Å². The maximum Gasteiger partial charge on any atom is 0.401 e. The highest BCUT2D eigenvalue weighted by atomic mass is 19.4. The number of nitrogens with zero attached hydrogens (tertiary/aromatic N) is 2. The van der Waals surface area contributed by atoms with Crippen molar-refractivity contribution in [2.24, 2.45) is 0 Å². The monoisotopic (exact) mass is 277 g/mol. The van der Waals surface area contributed by atoms with Crippen molar-refractivity contribution in [3.05, 3.63) is 0 Å². The van der Waals surface area contributed by atoms with Crippen molar-refractivity contribution in [1.82, 2.24) is 10.2 Å². The van der Waals surface area contributed by atoms with Crippen LogP contribution >= 0.6 is 0 Å². The second-order valence-corrected chi connectivity index (χ2v) is 5.47. The van der Waals surface area contributed by atoms with Crippen LogP contribution in [0.3, 0.4) is 0 Å². The molecule has 0 saturated heterocycles. The van der Waals surface area contributed by atoms with Crippen LogP contribution in [0, 0.1) is 11.3 Å². The molecule has 1 saturated carbocycles. The van der Waals surface area contributed by atoms with Crippen LogP contribution in [-0.4, -0.2) is 42.8 Å². The van der Waals surface area contributed by atoms with E-state index in [0.717, 1.165) is 19.3 Å². The van der Waals surface area contributed by atoms with E-state index in [1.807, 2.05) is 0 Å². The summed E-state index contributed by atoms with van der Waals surface area (Å²) in [6, 6.07) is 2.30. The second-order valence-electron chi connectivity index (χ2n) is 5.47. The predicted molar refractivity (Wildman–Crippen MR) is 67.6 cm³/mol. The second kappa shape index (κ2) is 6.58. The van der Waals surface area contributed by atoms with Gasteiger partial charge in [0.2, 0.25) is 0 Å². The Morgan fingerprint density at radius 2 is 1.95 bits per heavy atom. The lowest BCUT2D eigenvalue weighted by Crippen LogP contribution is -2.39. The van der Waals surface area contributed by atoms with E-state index >= 15 is 0 Å². The molecule has 0 heterocycles. The van der Waals surface area contributed by atoms with Gasteiger partial charge >= 0.3 is 6.18 Å². The Bertz CT molecular complexity index is 320. The van der Waals surface area contributed by atoms with Crippen LogP contribution < -0.4 is 5.32 Å². The number of halogens is 3. The van der Waals surface area contributed by atoms with Gasteiger partial charge in [0.25, 0.3) is 0 Å². The van der Waals surface area contributed by atoms with Gasteiger partial charge in [-0.2, -0.15) is 18.4 Å². The molecule has 110 valence electrons. The van der Waals surface area contributed by atoms with Gasteiger partial charge in [-0.25, -0.2) is 0 Å². The summed E-state index contributed by atoms with van der Waals surface area (Å²) >= 11 is 0. The Balaban J connectivity index is 2.28. The van der Waals surface area contributed by atoms with Gasteiger partial charge in [-0.1, -0.05) is 0 Å². The third kappa shape index (κ3) is 6.26. The first kappa shape index (κ1) is 16.3. The molecule has 1 aliphatic carbocycles. The minimum absolute atomic E-state index is 0.119. The summed E-state index contributed by atoms with van der Waals surface area (Å²) in [6.45, 7) is 1.47. The summed E-state index contributed by atoms with van der Waals surface area (Å²) in [5.74, 6) is 0. The minimum atomic E-state index is -4.12. The van der Waals surface area contributed by atoms with Crippen molar-refractivity contribution < 1.29 is 13.2 Å². The maximum absolute atomic E-state index is 12.4. The molecule has 0 aliphatic heterocycles. The number of alkyl halides is 3. The van der Waals surface area contributed by atoms with E-state index in [-0.39, 0.29) is 6.04 Å². The van der Waals surface area contributed by atoms with Crippen molar-refractivity contribution in [1.29, 1.82) is 5.26 Å². The van der Waals surface area contributed by atoms with Crippen LogP contribution in [-0.2, 0) is 0 Å². The van der Waals surface area contributed by atoms with E-state index in [1.54, 1.807) is 14.0 Å². The summed E-state index contributed by atoms with van der Waals surface area (Å²) in [5.41, 5.74) is -0.575. The van der Waals surface area contributed by atoms with Crippen molar-refractivity contribution >= 4 is 0 Å². The Kier molecular flexibility index (Phi) is 5.63. The van der Waals surface area contributed by atoms with Gasteiger partial charge in [0.05, 0.1) is 12.6 Å². The van der Waals surface area contributed by atoms with E-state index in [2.05, 4.69) is 11.4 Å². The molecule has 3 nitrogen and oxygen atoms in total. The van der Waals surface area contributed by atoms with E-state index in [0.29, 0.717) is 19.4 Å². The Hall–Kier alpha value is -0.800. The fraction of sp³-hybridized carbons (Fsp3) is 0.923. The summed E-state index contributed by atoms with van der Waals surface area (Å²) in [7, 11) is 1.73. The molecule has 1 N–H and O–H groups in total. The molecule has 0 aromatic heterocycles. The number of nitriles is 1. The van der Waals surface area contributed by atoms with Gasteiger partial charge < -0.3 is 5.32 Å². The van der Waals surface area contributed by atoms with Crippen LogP contribution in [0.15, 0.2) is 0 Å². The van der Waals surface area contributed by atoms with Crippen LogP contribution in [0.4, 0.5) is 13.2 Å². The molecule has 1 aliphatic rings. The van der Waals surface area contributed by atoms with Crippen molar-refractivity contribution in [3.8, 4) is 6.07 Å². The van der Waals surface area contributed by atoms with Crippen molar-refractivity contribution in [3.63, 3.8) is 0 Å². The lowest BCUT2D eigenvalue weighted by atomic mass is 9.97. The largest absolute Gasteiger partial charge is 0.401 e. The molecule has 1 rings (SSSR count). The normalized spacial score (nSPS) is 19.2. The van der Waals surface area contributed by atoms with Gasteiger partial charge in [0, 0.05) is 6.04 Å². The first-order valence-electron chi connectivity index (χ1n) is 6.70. The Morgan fingerprint density at radius 3 is 2.37 bits per heavy atom. The molecular weight excluding hydrogens is 255 g/mol. The molecule has 0 aromatic rings. The van der Waals surface area contributed by atoms with Gasteiger partial charge in [-0.05, 0) is 52.6 Å². The number of rotatable bonds is 8. The zero-order valence-electron chi connectivity index (χ0n) is 11.6. The number of hydrogen-bond donors (Lipinski definition) is 1. The molecule has 6 heteroatoms. The van der Waals surface area contributed by atoms with E-state index in [1.165, 1.54) is 4.90 Å². The molecule has 0 aromatic carbocycles. The number of unbranched alkanes of at least 4 members (excludes halogenated alkanes) is 1. The predicted octanol–water partition coefficient (Wildman–Crippen LogP) is 2.69. The molecule has 0 radical (unpaired) electrons. The first-order valence-corrected chi connectivity index (χ1v) is 6.70. The smallest absolute Gasteiger partial charge is 0.303 e. The molecule has 1 unspecified atom stereocenters. The quantitative estimate of drug-likeness (QED) is 0.693. The minimum Gasteiger partial charge on any atom is -0.303 e. The Morgan fingerprint density at radius 1 is 1.32 bits per heavy atom. The average Bonchev–Trinajstić information content (AvgIpc) is 3.15. The molecule has 0 spiro atoms. The van der Waals surface area contributed by atoms with Crippen LogP contribution in [0.1, 0.15) is 39.0 Å². The third-order valence-electron chi connectivity index (χ3n) is 3.62. The van der Waals surface area contributed by atoms with Crippen LogP contribution in [0.25, 0.3) is 0 Å². The third-order valence-corrected chi connectivity index (χ3v) is 3.62. The topological polar surface area (TPSA) is 39.1 Å². The highest BCUT2D eigenvalue weighted by molar-refractivity contribution is 5.02. The summed E-state index contributed by atoms with van der Waals surface area (Å²) in [6.07, 6.45) is -0.248. The number of nitrogens with one attached hydrogen (secondary N) is 1. The number of hydrogen-bond acceptors (Lipinski definition) is 3. The Labute approximate surface area is 112 Å². The molecule has 0 amide bonds. The van der Waals surface area contributed by atoms with E-state index in [4.69, 9.17) is 5.26 Å². The van der Waals surface area contributed by atoms with Gasteiger partial charge in [-0.15, -0.1) is 0 Å². The lowest BCUT2D eigenvalue weighted by molar-refractivity contribution is -0.147. The zero-order valence-corrected chi connectivity index (χ0v) is 11.6. The van der Waals surface area contributed by atoms with Gasteiger partial charge in [-0.3, -0.25) is 4.90 Å². The van der Waals surface area contributed by atoms with E-state index in [9.17, 15) is 13.2 Å². The highest BCUT2D eigenvalue weighted by Crippen LogP contribution is 2.30. The molecule has 19 heavy (non-hydrogen) atoms. The molecule has 1 fully saturated rings. The standard InChI is InChI=1S/C13H22F3N3/c1-12(9-17,18-2)7-3-4-8-19(11-5-6-11)10-13(14,15)16/h11,18H,3-8,10H2,1-2H3. The van der Waals surface area contributed by atoms with Crippen molar-refractivity contribution in [2.75, 3.05) is 20.1 Å². The summed E-state index contributed by atoms with van der Waals surface area (Å²) < 4.78 is 37.2. The molecule has 1 atom stereocenters. The molecular formula is C13H22F3N3. The first-order chi connectivity index (χ1) is 8.79. The van der Waals surface area contributed by atoms with Crippen molar-refractivity contribution in [2.45, 2.75) is 56.8 Å². The molecule has 0 bridgehead atoms. The fourth-order valence-electron chi connectivity index (χ4n) is 2.09. The summed E-state index contributed by atoms with van der Waals surface area (Å²) in [4.78, 5) is 1.53. The zero-order chi connectivity index (χ0) is 14.5. The van der Waals surface area contributed by atoms with Gasteiger partial charge in [0.15, 0.2) is 0 Å². The summed E-state index contributed by atoms with van der Waals surface area (Å²) in [5, 5.41) is 11.9. The lowest BCUT2D eigenvalue weighted by Gasteiger charge is -2.24. The highest BCUT2D eigenvalue weighted by Gasteiger charge is 2.37. The van der Waals surface area contributed by atoms with Crippen LogP contribution in [0.5, 0.6) is 0 Å². The fourth-order valence-corrected chi connectivity index (χ4v) is 2.09. The maximum atomic E-state index is 12.4. The SMILES string of the molecule is CNC(C)(C#N)CCCCN(CC(F)(F)F)C1CC1. The van der Waals surface area contributed by atoms with Crippen LogP contribution in [0.2, 0.25) is 0 Å². The van der Waals surface area contributed by atoms with E-state index < -0.39 is 18.3 Å². The average molecular weight is 277 g/mol.